The van der Waals surface area contributed by atoms with Gasteiger partial charge in [0.15, 0.2) is 0 Å². The van der Waals surface area contributed by atoms with Crippen molar-refractivity contribution in [3.05, 3.63) is 101 Å². The van der Waals surface area contributed by atoms with Crippen LogP contribution in [-0.4, -0.2) is 11.8 Å². The van der Waals surface area contributed by atoms with Gasteiger partial charge in [-0.2, -0.15) is 0 Å². The van der Waals surface area contributed by atoms with Gasteiger partial charge in [-0.05, 0) is 41.3 Å². The molecule has 1 fully saturated rings. The SMILES string of the molecule is Cc1ccc(N2C(=O)[C@@H]3[C@H](C2=O)C2(Br)c4ccccc4C3(Br)c3ccccc32)cc1. The summed E-state index contributed by atoms with van der Waals surface area (Å²) in [4.78, 5) is 29.1. The number of halogens is 2. The first-order chi connectivity index (χ1) is 14.4. The molecule has 0 aromatic heterocycles. The van der Waals surface area contributed by atoms with E-state index in [0.717, 1.165) is 27.8 Å². The Hall–Kier alpha value is -2.24. The number of alkyl halides is 2. The van der Waals surface area contributed by atoms with Crippen LogP contribution in [0.1, 0.15) is 27.8 Å². The normalized spacial score (nSPS) is 30.8. The van der Waals surface area contributed by atoms with Crippen molar-refractivity contribution in [2.45, 2.75) is 15.6 Å². The summed E-state index contributed by atoms with van der Waals surface area (Å²) in [5, 5.41) is 0. The summed E-state index contributed by atoms with van der Waals surface area (Å²) in [6.45, 7) is 1.99. The highest BCUT2D eigenvalue weighted by molar-refractivity contribution is 9.10. The molecular weight excluding hydrogens is 506 g/mol. The molecule has 1 saturated heterocycles. The smallest absolute Gasteiger partial charge is 0.239 e. The molecule has 1 aliphatic heterocycles. The molecule has 0 unspecified atom stereocenters. The van der Waals surface area contributed by atoms with Crippen molar-refractivity contribution < 1.29 is 9.59 Å². The molecule has 0 N–H and O–H groups in total. The number of anilines is 1. The van der Waals surface area contributed by atoms with Crippen LogP contribution in [0.5, 0.6) is 0 Å². The minimum absolute atomic E-state index is 0.154. The van der Waals surface area contributed by atoms with Gasteiger partial charge in [0.05, 0.1) is 26.2 Å². The van der Waals surface area contributed by atoms with Gasteiger partial charge in [0.2, 0.25) is 11.8 Å². The van der Waals surface area contributed by atoms with Crippen LogP contribution in [0.4, 0.5) is 5.69 Å². The van der Waals surface area contributed by atoms with Crippen LogP contribution < -0.4 is 4.90 Å². The third-order valence-corrected chi connectivity index (χ3v) is 9.57. The third kappa shape index (κ3) is 1.96. The minimum Gasteiger partial charge on any atom is -0.274 e. The van der Waals surface area contributed by atoms with Gasteiger partial charge in [0, 0.05) is 0 Å². The second-order valence-electron chi connectivity index (χ2n) is 8.32. The summed E-state index contributed by atoms with van der Waals surface area (Å²) >= 11 is 8.04. The van der Waals surface area contributed by atoms with Crippen LogP contribution in [0.3, 0.4) is 0 Å². The predicted molar refractivity (Wildman–Crippen MR) is 123 cm³/mol. The van der Waals surface area contributed by atoms with Gasteiger partial charge in [0.1, 0.15) is 0 Å². The van der Waals surface area contributed by atoms with Crippen molar-refractivity contribution in [3.8, 4) is 0 Å². The molecule has 1 heterocycles. The zero-order valence-electron chi connectivity index (χ0n) is 16.1. The molecule has 3 nitrogen and oxygen atoms in total. The molecule has 4 aliphatic rings. The van der Waals surface area contributed by atoms with Gasteiger partial charge in [-0.3, -0.25) is 9.59 Å². The quantitative estimate of drug-likeness (QED) is 0.317. The molecule has 0 radical (unpaired) electrons. The Kier molecular flexibility index (Phi) is 3.66. The highest BCUT2D eigenvalue weighted by Crippen LogP contribution is 2.70. The molecule has 0 saturated carbocycles. The second kappa shape index (κ2) is 5.92. The Balaban J connectivity index is 1.66. The molecule has 2 amide bonds. The number of aryl methyl sites for hydroxylation is 1. The molecule has 3 aromatic rings. The second-order valence-corrected chi connectivity index (χ2v) is 10.8. The molecule has 3 aliphatic carbocycles. The first kappa shape index (κ1) is 18.5. The van der Waals surface area contributed by atoms with E-state index < -0.39 is 20.5 Å². The van der Waals surface area contributed by atoms with E-state index in [4.69, 9.17) is 0 Å². The van der Waals surface area contributed by atoms with Crippen LogP contribution >= 0.6 is 31.9 Å². The predicted octanol–water partition coefficient (Wildman–Crippen LogP) is 5.40. The number of imide groups is 1. The lowest BCUT2D eigenvalue weighted by molar-refractivity contribution is -0.122. The Morgan fingerprint density at radius 1 is 0.667 bits per heavy atom. The van der Waals surface area contributed by atoms with Crippen molar-refractivity contribution in [1.29, 1.82) is 0 Å². The topological polar surface area (TPSA) is 37.4 Å². The number of hydrogen-bond acceptors (Lipinski definition) is 2. The molecule has 148 valence electrons. The van der Waals surface area contributed by atoms with E-state index in [2.05, 4.69) is 56.1 Å². The summed E-state index contributed by atoms with van der Waals surface area (Å²) in [6, 6.07) is 23.8. The average Bonchev–Trinajstić information content (AvgIpc) is 3.04. The fourth-order valence-electron chi connectivity index (χ4n) is 5.62. The van der Waals surface area contributed by atoms with Gasteiger partial charge in [0.25, 0.3) is 0 Å². The first-order valence-electron chi connectivity index (χ1n) is 9.92. The number of benzene rings is 3. The molecule has 7 rings (SSSR count). The molecule has 2 bridgehead atoms. The zero-order chi connectivity index (χ0) is 20.8. The van der Waals surface area contributed by atoms with Gasteiger partial charge in [-0.15, -0.1) is 0 Å². The Labute approximate surface area is 191 Å². The van der Waals surface area contributed by atoms with E-state index in [0.29, 0.717) is 5.69 Å². The van der Waals surface area contributed by atoms with Gasteiger partial charge in [-0.1, -0.05) is 98.1 Å². The summed E-state index contributed by atoms with van der Waals surface area (Å²) < 4.78 is -1.49. The van der Waals surface area contributed by atoms with Crippen LogP contribution in [0.25, 0.3) is 0 Å². The van der Waals surface area contributed by atoms with E-state index in [-0.39, 0.29) is 11.8 Å². The summed E-state index contributed by atoms with van der Waals surface area (Å²) in [6.07, 6.45) is 0. The van der Waals surface area contributed by atoms with Crippen molar-refractivity contribution >= 4 is 49.4 Å². The highest BCUT2D eigenvalue weighted by Gasteiger charge is 2.72. The van der Waals surface area contributed by atoms with Crippen LogP contribution in [-0.2, 0) is 18.2 Å². The molecule has 3 aromatic carbocycles. The van der Waals surface area contributed by atoms with Crippen molar-refractivity contribution in [2.24, 2.45) is 11.8 Å². The van der Waals surface area contributed by atoms with Gasteiger partial charge in [-0.25, -0.2) is 4.90 Å². The number of nitrogens with zero attached hydrogens (tertiary/aromatic N) is 1. The Bertz CT molecular complexity index is 1130. The number of amides is 2. The van der Waals surface area contributed by atoms with E-state index >= 15 is 0 Å². The molecular formula is C25H17Br2NO2. The maximum Gasteiger partial charge on any atom is 0.239 e. The molecule has 2 atom stereocenters. The molecule has 30 heavy (non-hydrogen) atoms. The van der Waals surface area contributed by atoms with Crippen LogP contribution in [0, 0.1) is 18.8 Å². The lowest BCUT2D eigenvalue weighted by Crippen LogP contribution is -2.56. The maximum atomic E-state index is 13.8. The van der Waals surface area contributed by atoms with Crippen molar-refractivity contribution in [2.75, 3.05) is 4.90 Å². The zero-order valence-corrected chi connectivity index (χ0v) is 19.3. The summed E-state index contributed by atoms with van der Waals surface area (Å²) in [5.41, 5.74) is 5.92. The van der Waals surface area contributed by atoms with E-state index in [1.807, 2.05) is 55.5 Å². The van der Waals surface area contributed by atoms with E-state index in [1.165, 1.54) is 4.90 Å². The fourth-order valence-corrected chi connectivity index (χ4v) is 7.92. The van der Waals surface area contributed by atoms with E-state index in [1.54, 1.807) is 0 Å². The first-order valence-corrected chi connectivity index (χ1v) is 11.5. The van der Waals surface area contributed by atoms with Crippen molar-refractivity contribution in [3.63, 3.8) is 0 Å². The standard InChI is InChI=1S/C25H17Br2NO2/c1-14-10-12-15(13-11-14)28-22(29)20-21(23(28)30)25(27)17-7-3-2-6-16(17)24(20,26)18-8-4-5-9-19(18)25/h2-13,20-21H,1H3/t20-,21+,24?,25?. The lowest BCUT2D eigenvalue weighted by atomic mass is 9.54. The van der Waals surface area contributed by atoms with Gasteiger partial charge < -0.3 is 0 Å². The summed E-state index contributed by atoms with van der Waals surface area (Å²) in [5.74, 6) is -1.37. The van der Waals surface area contributed by atoms with Gasteiger partial charge >= 0.3 is 0 Å². The number of rotatable bonds is 1. The monoisotopic (exact) mass is 521 g/mol. The molecule has 5 heteroatoms. The number of hydrogen-bond donors (Lipinski definition) is 0. The number of carbonyl (C=O) groups excluding carboxylic acids is 2. The lowest BCUT2D eigenvalue weighted by Gasteiger charge is -2.55. The highest BCUT2D eigenvalue weighted by atomic mass is 79.9. The summed E-state index contributed by atoms with van der Waals surface area (Å²) in [7, 11) is 0. The minimum atomic E-state index is -0.743. The van der Waals surface area contributed by atoms with Crippen LogP contribution in [0.2, 0.25) is 0 Å². The molecule has 0 spiro atoms. The van der Waals surface area contributed by atoms with Crippen molar-refractivity contribution in [1.82, 2.24) is 0 Å². The Morgan fingerprint density at radius 3 is 1.40 bits per heavy atom. The Morgan fingerprint density at radius 2 is 1.03 bits per heavy atom. The average molecular weight is 523 g/mol. The largest absolute Gasteiger partial charge is 0.274 e. The fraction of sp³-hybridized carbons (Fsp3) is 0.200. The maximum absolute atomic E-state index is 13.8. The van der Waals surface area contributed by atoms with E-state index in [9.17, 15) is 9.59 Å². The van der Waals surface area contributed by atoms with Crippen LogP contribution in [0.15, 0.2) is 72.8 Å². The third-order valence-electron chi connectivity index (χ3n) is 6.88. The number of carbonyl (C=O) groups is 2.